The largest absolute Gasteiger partial charge is 0.343 e. The van der Waals surface area contributed by atoms with Crippen molar-refractivity contribution in [3.8, 4) is 0 Å². The summed E-state index contributed by atoms with van der Waals surface area (Å²) < 4.78 is 0. The molecule has 1 amide bonds. The van der Waals surface area contributed by atoms with Crippen molar-refractivity contribution in [3.63, 3.8) is 0 Å². The van der Waals surface area contributed by atoms with Gasteiger partial charge in [-0.15, -0.1) is 0 Å². The van der Waals surface area contributed by atoms with E-state index < -0.39 is 0 Å². The Bertz CT molecular complexity index is 258. The minimum absolute atomic E-state index is 0.400. The van der Waals surface area contributed by atoms with Gasteiger partial charge in [-0.2, -0.15) is 0 Å². The van der Waals surface area contributed by atoms with Gasteiger partial charge < -0.3 is 4.90 Å². The third kappa shape index (κ3) is 9.16. The molecule has 1 heterocycles. The first-order valence-corrected chi connectivity index (χ1v) is 9.51. The average Bonchev–Trinajstić information content (AvgIpc) is 3.00. The maximum Gasteiger partial charge on any atom is 0.222 e. The molecule has 1 rings (SSSR count). The predicted octanol–water partition coefficient (Wildman–Crippen LogP) is 5.56. The molecule has 0 N–H and O–H groups in total. The molecule has 1 aliphatic heterocycles. The molecule has 0 radical (unpaired) electrons. The standard InChI is InChI=1S/C19H37NO/c1-3-4-8-13-18(2)14-9-6-5-7-10-15-19(21)20-16-11-12-17-20/h18H,3-17H2,1-2H3. The van der Waals surface area contributed by atoms with Gasteiger partial charge in [-0.05, 0) is 25.2 Å². The highest BCUT2D eigenvalue weighted by Crippen LogP contribution is 2.18. The van der Waals surface area contributed by atoms with Crippen molar-refractivity contribution >= 4 is 5.91 Å². The summed E-state index contributed by atoms with van der Waals surface area (Å²) in [5.74, 6) is 1.31. The smallest absolute Gasteiger partial charge is 0.222 e. The molecule has 21 heavy (non-hydrogen) atoms. The van der Waals surface area contributed by atoms with Crippen molar-refractivity contribution in [2.24, 2.45) is 5.92 Å². The van der Waals surface area contributed by atoms with Crippen LogP contribution in [0.25, 0.3) is 0 Å². The fourth-order valence-electron chi connectivity index (χ4n) is 3.31. The highest BCUT2D eigenvalue weighted by Gasteiger charge is 2.16. The Hall–Kier alpha value is -0.530. The first-order valence-electron chi connectivity index (χ1n) is 9.51. The van der Waals surface area contributed by atoms with Gasteiger partial charge in [0.15, 0.2) is 0 Å². The Kier molecular flexibility index (Phi) is 10.6. The zero-order valence-electron chi connectivity index (χ0n) is 14.5. The summed E-state index contributed by atoms with van der Waals surface area (Å²) in [5, 5.41) is 0. The minimum Gasteiger partial charge on any atom is -0.343 e. The summed E-state index contributed by atoms with van der Waals surface area (Å²) in [6.45, 7) is 6.70. The lowest BCUT2D eigenvalue weighted by Gasteiger charge is -2.14. The van der Waals surface area contributed by atoms with E-state index in [1.54, 1.807) is 0 Å². The van der Waals surface area contributed by atoms with Crippen LogP contribution in [-0.2, 0) is 4.79 Å². The number of carbonyl (C=O) groups is 1. The fourth-order valence-corrected chi connectivity index (χ4v) is 3.31. The molecule has 0 aromatic carbocycles. The van der Waals surface area contributed by atoms with Crippen LogP contribution in [0.3, 0.4) is 0 Å². The molecule has 0 aliphatic carbocycles. The monoisotopic (exact) mass is 295 g/mol. The molecule has 2 nitrogen and oxygen atoms in total. The van der Waals surface area contributed by atoms with Crippen LogP contribution in [0.5, 0.6) is 0 Å². The van der Waals surface area contributed by atoms with Crippen molar-refractivity contribution in [1.82, 2.24) is 4.90 Å². The van der Waals surface area contributed by atoms with Gasteiger partial charge in [-0.1, -0.05) is 71.6 Å². The van der Waals surface area contributed by atoms with E-state index in [2.05, 4.69) is 18.7 Å². The Morgan fingerprint density at radius 3 is 2.14 bits per heavy atom. The summed E-state index contributed by atoms with van der Waals surface area (Å²) in [6.07, 6.45) is 16.6. The van der Waals surface area contributed by atoms with Crippen LogP contribution in [0.15, 0.2) is 0 Å². The van der Waals surface area contributed by atoms with E-state index in [1.165, 1.54) is 70.6 Å². The summed E-state index contributed by atoms with van der Waals surface area (Å²) in [4.78, 5) is 13.9. The molecule has 1 atom stereocenters. The summed E-state index contributed by atoms with van der Waals surface area (Å²) in [5.41, 5.74) is 0. The molecule has 124 valence electrons. The first-order chi connectivity index (χ1) is 10.2. The van der Waals surface area contributed by atoms with E-state index in [9.17, 15) is 4.79 Å². The molecule has 0 aromatic rings. The number of unbranched alkanes of at least 4 members (excludes halogenated alkanes) is 6. The van der Waals surface area contributed by atoms with E-state index in [1.807, 2.05) is 0 Å². The minimum atomic E-state index is 0.400. The quantitative estimate of drug-likeness (QED) is 0.432. The third-order valence-electron chi connectivity index (χ3n) is 4.85. The van der Waals surface area contributed by atoms with Crippen LogP contribution in [0.2, 0.25) is 0 Å². The van der Waals surface area contributed by atoms with Gasteiger partial charge >= 0.3 is 0 Å². The number of hydrogen-bond acceptors (Lipinski definition) is 1. The number of hydrogen-bond donors (Lipinski definition) is 0. The Labute approximate surface area is 132 Å². The Morgan fingerprint density at radius 1 is 0.905 bits per heavy atom. The Morgan fingerprint density at radius 2 is 1.48 bits per heavy atom. The number of nitrogens with zero attached hydrogens (tertiary/aromatic N) is 1. The highest BCUT2D eigenvalue weighted by molar-refractivity contribution is 5.76. The van der Waals surface area contributed by atoms with Crippen LogP contribution in [0, 0.1) is 5.92 Å². The zero-order valence-corrected chi connectivity index (χ0v) is 14.5. The Balaban J connectivity index is 1.84. The lowest BCUT2D eigenvalue weighted by molar-refractivity contribution is -0.130. The highest BCUT2D eigenvalue weighted by atomic mass is 16.2. The van der Waals surface area contributed by atoms with E-state index in [4.69, 9.17) is 0 Å². The van der Waals surface area contributed by atoms with E-state index in [0.717, 1.165) is 31.8 Å². The maximum atomic E-state index is 11.9. The topological polar surface area (TPSA) is 20.3 Å². The third-order valence-corrected chi connectivity index (χ3v) is 4.85. The molecule has 0 bridgehead atoms. The van der Waals surface area contributed by atoms with Crippen molar-refractivity contribution in [3.05, 3.63) is 0 Å². The molecule has 0 spiro atoms. The molecule has 1 unspecified atom stereocenters. The lowest BCUT2D eigenvalue weighted by Crippen LogP contribution is -2.27. The van der Waals surface area contributed by atoms with Gasteiger partial charge in [0.1, 0.15) is 0 Å². The van der Waals surface area contributed by atoms with Gasteiger partial charge in [0, 0.05) is 19.5 Å². The molecule has 2 heteroatoms. The molecular formula is C19H37NO. The number of rotatable bonds is 12. The molecular weight excluding hydrogens is 258 g/mol. The van der Waals surface area contributed by atoms with Crippen molar-refractivity contribution < 1.29 is 4.79 Å². The number of likely N-dealkylation sites (tertiary alicyclic amines) is 1. The van der Waals surface area contributed by atoms with Gasteiger partial charge in [-0.3, -0.25) is 4.79 Å². The first kappa shape index (κ1) is 18.5. The summed E-state index contributed by atoms with van der Waals surface area (Å²) in [7, 11) is 0. The van der Waals surface area contributed by atoms with Crippen LogP contribution in [0.4, 0.5) is 0 Å². The SMILES string of the molecule is CCCCCC(C)CCCCCCCC(=O)N1CCCC1. The van der Waals surface area contributed by atoms with Gasteiger partial charge in [0.2, 0.25) is 5.91 Å². The van der Waals surface area contributed by atoms with Crippen molar-refractivity contribution in [2.45, 2.75) is 97.3 Å². The van der Waals surface area contributed by atoms with Crippen molar-refractivity contribution in [1.29, 1.82) is 0 Å². The number of carbonyl (C=O) groups excluding carboxylic acids is 1. The van der Waals surface area contributed by atoms with E-state index >= 15 is 0 Å². The molecule has 0 aromatic heterocycles. The second-order valence-corrected chi connectivity index (χ2v) is 7.00. The van der Waals surface area contributed by atoms with Gasteiger partial charge in [0.25, 0.3) is 0 Å². The van der Waals surface area contributed by atoms with Crippen LogP contribution in [-0.4, -0.2) is 23.9 Å². The van der Waals surface area contributed by atoms with Crippen molar-refractivity contribution in [2.75, 3.05) is 13.1 Å². The van der Waals surface area contributed by atoms with E-state index in [-0.39, 0.29) is 0 Å². The summed E-state index contributed by atoms with van der Waals surface area (Å²) in [6, 6.07) is 0. The van der Waals surface area contributed by atoms with Gasteiger partial charge in [0.05, 0.1) is 0 Å². The van der Waals surface area contributed by atoms with Crippen LogP contribution < -0.4 is 0 Å². The molecule has 1 saturated heterocycles. The van der Waals surface area contributed by atoms with E-state index in [0.29, 0.717) is 5.91 Å². The summed E-state index contributed by atoms with van der Waals surface area (Å²) >= 11 is 0. The lowest BCUT2D eigenvalue weighted by atomic mass is 9.96. The second-order valence-electron chi connectivity index (χ2n) is 7.00. The van der Waals surface area contributed by atoms with Gasteiger partial charge in [-0.25, -0.2) is 0 Å². The fraction of sp³-hybridized carbons (Fsp3) is 0.947. The number of amides is 1. The second kappa shape index (κ2) is 12.1. The predicted molar refractivity (Wildman–Crippen MR) is 91.4 cm³/mol. The molecule has 1 fully saturated rings. The molecule has 0 saturated carbocycles. The van der Waals surface area contributed by atoms with Crippen LogP contribution in [0.1, 0.15) is 97.3 Å². The van der Waals surface area contributed by atoms with Crippen LogP contribution >= 0.6 is 0 Å². The molecule has 1 aliphatic rings. The maximum absolute atomic E-state index is 11.9. The normalized spacial score (nSPS) is 16.4. The average molecular weight is 296 g/mol. The zero-order chi connectivity index (χ0) is 15.3.